The third-order valence-corrected chi connectivity index (χ3v) is 5.15. The summed E-state index contributed by atoms with van der Waals surface area (Å²) in [7, 11) is -4.13. The molecular weight excluding hydrogens is 322 g/mol. The predicted octanol–water partition coefficient (Wildman–Crippen LogP) is -0.546. The number of pyridine rings is 1. The van der Waals surface area contributed by atoms with E-state index in [0.717, 1.165) is 16.6 Å². The monoisotopic (exact) mass is 333 g/mol. The first kappa shape index (κ1) is 15.7. The Morgan fingerprint density at radius 3 is 2.62 bits per heavy atom. The lowest BCUT2D eigenvalue weighted by atomic mass is 10.2. The molecule has 8 nitrogen and oxygen atoms in total. The number of aromatic nitrogens is 1. The molecule has 1 saturated heterocycles. The van der Waals surface area contributed by atoms with E-state index in [9.17, 15) is 22.8 Å². The van der Waals surface area contributed by atoms with Gasteiger partial charge in [0.05, 0.1) is 11.4 Å². The van der Waals surface area contributed by atoms with Gasteiger partial charge in [-0.3, -0.25) is 19.7 Å². The highest BCUT2D eigenvalue weighted by Gasteiger charge is 2.40. The Balaban J connectivity index is 2.50. The lowest BCUT2D eigenvalue weighted by Gasteiger charge is -2.32. The van der Waals surface area contributed by atoms with Gasteiger partial charge in [-0.25, -0.2) is 8.42 Å². The molecule has 1 aromatic rings. The molecule has 21 heavy (non-hydrogen) atoms. The van der Waals surface area contributed by atoms with Crippen LogP contribution in [0.5, 0.6) is 0 Å². The van der Waals surface area contributed by atoms with Crippen LogP contribution in [0.1, 0.15) is 13.3 Å². The fourth-order valence-corrected chi connectivity index (χ4v) is 3.86. The number of hydrogen-bond donors (Lipinski definition) is 2. The van der Waals surface area contributed by atoms with Gasteiger partial charge in [0.2, 0.25) is 21.8 Å². The molecule has 0 saturated carbocycles. The van der Waals surface area contributed by atoms with E-state index in [1.54, 1.807) is 6.92 Å². The number of nitrogens with zero attached hydrogens (tertiary/aromatic N) is 1. The van der Waals surface area contributed by atoms with Crippen LogP contribution >= 0.6 is 11.6 Å². The first-order valence-corrected chi connectivity index (χ1v) is 7.83. The molecule has 1 unspecified atom stereocenters. The van der Waals surface area contributed by atoms with Crippen molar-refractivity contribution in [2.45, 2.75) is 24.3 Å². The molecule has 1 aliphatic heterocycles. The Kier molecular flexibility index (Phi) is 4.17. The maximum atomic E-state index is 12.5. The van der Waals surface area contributed by atoms with Crippen LogP contribution in [0.15, 0.2) is 22.0 Å². The Labute approximate surface area is 125 Å². The van der Waals surface area contributed by atoms with Crippen LogP contribution in [-0.4, -0.2) is 42.1 Å². The largest absolute Gasteiger partial charge is 0.326 e. The van der Waals surface area contributed by atoms with E-state index >= 15 is 0 Å². The second kappa shape index (κ2) is 5.58. The average molecular weight is 334 g/mol. The summed E-state index contributed by atoms with van der Waals surface area (Å²) in [5.41, 5.74) is -0.630. The smallest absolute Gasteiger partial charge is 0.266 e. The topological polar surface area (TPSA) is 116 Å². The Bertz CT molecular complexity index is 757. The van der Waals surface area contributed by atoms with Gasteiger partial charge in [-0.1, -0.05) is 18.5 Å². The van der Waals surface area contributed by atoms with Crippen molar-refractivity contribution in [1.29, 1.82) is 0 Å². The summed E-state index contributed by atoms with van der Waals surface area (Å²) >= 11 is 5.61. The van der Waals surface area contributed by atoms with E-state index in [4.69, 9.17) is 11.6 Å². The number of halogens is 1. The fourth-order valence-electron chi connectivity index (χ4n) is 2.01. The third kappa shape index (κ3) is 2.85. The van der Waals surface area contributed by atoms with Gasteiger partial charge in [0, 0.05) is 6.20 Å². The van der Waals surface area contributed by atoms with E-state index in [0.29, 0.717) is 0 Å². The summed E-state index contributed by atoms with van der Waals surface area (Å²) in [6.07, 6.45) is 1.18. The minimum atomic E-state index is -4.13. The number of imide groups is 1. The summed E-state index contributed by atoms with van der Waals surface area (Å²) in [4.78, 5) is 36.2. The molecule has 0 spiro atoms. The Morgan fingerprint density at radius 2 is 2.05 bits per heavy atom. The van der Waals surface area contributed by atoms with Crippen molar-refractivity contribution < 1.29 is 18.0 Å². The second-order valence-corrected chi connectivity index (χ2v) is 6.70. The Hall–Kier alpha value is -1.71. The first-order valence-electron chi connectivity index (χ1n) is 6.01. The van der Waals surface area contributed by atoms with Crippen molar-refractivity contribution >= 4 is 33.4 Å². The lowest BCUT2D eigenvalue weighted by molar-refractivity contribution is -0.137. The molecule has 1 aromatic heterocycles. The van der Waals surface area contributed by atoms with Crippen LogP contribution < -0.4 is 10.9 Å². The summed E-state index contributed by atoms with van der Waals surface area (Å²) in [5, 5.41) is 1.79. The van der Waals surface area contributed by atoms with Crippen LogP contribution in [-0.2, 0) is 19.6 Å². The van der Waals surface area contributed by atoms with Crippen molar-refractivity contribution in [3.8, 4) is 0 Å². The maximum absolute atomic E-state index is 12.5. The van der Waals surface area contributed by atoms with Crippen molar-refractivity contribution in [3.63, 3.8) is 0 Å². The predicted molar refractivity (Wildman–Crippen MR) is 73.2 cm³/mol. The van der Waals surface area contributed by atoms with Gasteiger partial charge < -0.3 is 4.98 Å². The number of rotatable bonds is 3. The molecule has 0 bridgehead atoms. The van der Waals surface area contributed by atoms with Gasteiger partial charge in [-0.2, -0.15) is 4.31 Å². The number of sulfonamides is 1. The summed E-state index contributed by atoms with van der Waals surface area (Å²) < 4.78 is 25.9. The number of piperazine rings is 1. The minimum absolute atomic E-state index is 0.204. The number of carbonyl (C=O) groups excluding carboxylic acids is 2. The molecule has 1 fully saturated rings. The normalized spacial score (nSPS) is 20.4. The molecule has 1 aliphatic rings. The summed E-state index contributed by atoms with van der Waals surface area (Å²) in [6, 6.07) is -0.00204. The zero-order chi connectivity index (χ0) is 15.8. The number of aromatic amines is 1. The lowest BCUT2D eigenvalue weighted by Crippen LogP contribution is -2.59. The molecule has 2 heterocycles. The SMILES string of the molecule is CCC1C(=O)NC(=O)CN1S(=O)(=O)c1c[nH]c(=O)c(Cl)c1. The van der Waals surface area contributed by atoms with Crippen molar-refractivity contribution in [3.05, 3.63) is 27.6 Å². The van der Waals surface area contributed by atoms with Crippen LogP contribution in [0.3, 0.4) is 0 Å². The van der Waals surface area contributed by atoms with Crippen molar-refractivity contribution in [2.75, 3.05) is 6.54 Å². The van der Waals surface area contributed by atoms with Gasteiger partial charge in [-0.15, -0.1) is 0 Å². The van der Waals surface area contributed by atoms with E-state index in [1.165, 1.54) is 0 Å². The number of carbonyl (C=O) groups is 2. The molecule has 2 amide bonds. The maximum Gasteiger partial charge on any atom is 0.266 e. The standard InChI is InChI=1S/C11H12ClN3O5S/c1-2-8-11(18)14-9(16)5-15(8)21(19,20)6-3-7(12)10(17)13-4-6/h3-4,8H,2,5H2,1H3,(H,13,17)(H,14,16,18). The van der Waals surface area contributed by atoms with Gasteiger partial charge in [0.1, 0.15) is 11.1 Å². The molecule has 1 atom stereocenters. The van der Waals surface area contributed by atoms with Crippen LogP contribution in [0.2, 0.25) is 5.02 Å². The van der Waals surface area contributed by atoms with Gasteiger partial charge >= 0.3 is 0 Å². The van der Waals surface area contributed by atoms with E-state index < -0.39 is 40.0 Å². The molecule has 10 heteroatoms. The highest BCUT2D eigenvalue weighted by molar-refractivity contribution is 7.89. The number of amides is 2. The van der Waals surface area contributed by atoms with Crippen molar-refractivity contribution in [1.82, 2.24) is 14.6 Å². The third-order valence-electron chi connectivity index (χ3n) is 3.04. The fraction of sp³-hybridized carbons (Fsp3) is 0.364. The van der Waals surface area contributed by atoms with Gasteiger partial charge in [-0.05, 0) is 12.5 Å². The van der Waals surface area contributed by atoms with E-state index in [1.807, 2.05) is 0 Å². The van der Waals surface area contributed by atoms with Crippen LogP contribution in [0, 0.1) is 0 Å². The highest BCUT2D eigenvalue weighted by Crippen LogP contribution is 2.22. The zero-order valence-corrected chi connectivity index (χ0v) is 12.5. The highest BCUT2D eigenvalue weighted by atomic mass is 35.5. The first-order chi connectivity index (χ1) is 9.77. The van der Waals surface area contributed by atoms with Gasteiger partial charge in [0.15, 0.2) is 0 Å². The quantitative estimate of drug-likeness (QED) is 0.720. The molecule has 0 radical (unpaired) electrons. The van der Waals surface area contributed by atoms with Crippen LogP contribution in [0.4, 0.5) is 0 Å². The van der Waals surface area contributed by atoms with E-state index in [-0.39, 0.29) is 16.3 Å². The van der Waals surface area contributed by atoms with Crippen molar-refractivity contribution in [2.24, 2.45) is 0 Å². The molecule has 114 valence electrons. The summed E-state index contributed by atoms with van der Waals surface area (Å²) in [6.45, 7) is 1.16. The number of nitrogens with one attached hydrogen (secondary N) is 2. The van der Waals surface area contributed by atoms with Gasteiger partial charge in [0.25, 0.3) is 5.56 Å². The molecule has 0 aromatic carbocycles. The number of hydrogen-bond acceptors (Lipinski definition) is 5. The van der Waals surface area contributed by atoms with E-state index in [2.05, 4.69) is 10.3 Å². The molecular formula is C11H12ClN3O5S. The molecule has 2 rings (SSSR count). The zero-order valence-electron chi connectivity index (χ0n) is 10.9. The number of H-pyrrole nitrogens is 1. The second-order valence-electron chi connectivity index (χ2n) is 4.40. The minimum Gasteiger partial charge on any atom is -0.326 e. The van der Waals surface area contributed by atoms with Crippen LogP contribution in [0.25, 0.3) is 0 Å². The molecule has 0 aliphatic carbocycles. The average Bonchev–Trinajstić information content (AvgIpc) is 2.41. The summed E-state index contributed by atoms with van der Waals surface area (Å²) in [5.74, 6) is -1.38. The molecule has 2 N–H and O–H groups in total. The Morgan fingerprint density at radius 1 is 1.38 bits per heavy atom.